The van der Waals surface area contributed by atoms with Crippen molar-refractivity contribution >= 4 is 11.6 Å². The molecule has 14 heavy (non-hydrogen) atoms. The smallest absolute Gasteiger partial charge is 0.188 e. The van der Waals surface area contributed by atoms with Crippen LogP contribution < -0.4 is 10.9 Å². The van der Waals surface area contributed by atoms with Crippen LogP contribution in [0.1, 0.15) is 11.5 Å². The summed E-state index contributed by atoms with van der Waals surface area (Å²) in [6, 6.07) is 3.53. The maximum absolute atomic E-state index is 4.86. The van der Waals surface area contributed by atoms with Crippen LogP contribution in [-0.4, -0.2) is 10.3 Å². The lowest BCUT2D eigenvalue weighted by Crippen LogP contribution is -2.08. The Morgan fingerprint density at radius 3 is 1.64 bits per heavy atom. The summed E-state index contributed by atoms with van der Waals surface area (Å²) in [6.45, 7) is 3.64. The summed E-state index contributed by atoms with van der Waals surface area (Å²) >= 11 is 0. The number of anilines is 2. The van der Waals surface area contributed by atoms with Crippen LogP contribution in [0.2, 0.25) is 0 Å². The van der Waals surface area contributed by atoms with Crippen molar-refractivity contribution < 1.29 is 9.05 Å². The lowest BCUT2D eigenvalue weighted by molar-refractivity contribution is 0.398. The molecular weight excluding hydrogens is 184 g/mol. The molecule has 0 bridgehead atoms. The van der Waals surface area contributed by atoms with E-state index >= 15 is 0 Å². The summed E-state index contributed by atoms with van der Waals surface area (Å²) < 4.78 is 9.72. The predicted octanol–water partition coefficient (Wildman–Crippen LogP) is 1.72. The van der Waals surface area contributed by atoms with Crippen LogP contribution in [0, 0.1) is 13.8 Å². The molecule has 2 aromatic rings. The van der Waals surface area contributed by atoms with Crippen molar-refractivity contribution in [2.75, 3.05) is 10.9 Å². The topological polar surface area (TPSA) is 76.1 Å². The highest BCUT2D eigenvalue weighted by molar-refractivity contribution is 5.43. The molecular formula is C8H10N4O2. The van der Waals surface area contributed by atoms with Gasteiger partial charge in [0.2, 0.25) is 0 Å². The Kier molecular flexibility index (Phi) is 2.10. The molecule has 0 aromatic carbocycles. The van der Waals surface area contributed by atoms with E-state index in [1.807, 2.05) is 13.8 Å². The molecule has 6 nitrogen and oxygen atoms in total. The van der Waals surface area contributed by atoms with E-state index in [9.17, 15) is 0 Å². The number of rotatable bonds is 3. The first-order chi connectivity index (χ1) is 6.74. The number of nitrogens with zero attached hydrogens (tertiary/aromatic N) is 2. The Labute approximate surface area is 80.2 Å². The third-order valence-corrected chi connectivity index (χ3v) is 1.57. The molecule has 74 valence electrons. The van der Waals surface area contributed by atoms with Gasteiger partial charge in [-0.1, -0.05) is 10.3 Å². The predicted molar refractivity (Wildman–Crippen MR) is 49.7 cm³/mol. The first-order valence-electron chi connectivity index (χ1n) is 4.13. The first kappa shape index (κ1) is 8.61. The third-order valence-electron chi connectivity index (χ3n) is 1.57. The Morgan fingerprint density at radius 2 is 1.36 bits per heavy atom. The van der Waals surface area contributed by atoms with Crippen LogP contribution in [0.15, 0.2) is 21.2 Å². The number of nitrogens with one attached hydrogen (secondary N) is 2. The third kappa shape index (κ3) is 1.85. The van der Waals surface area contributed by atoms with Crippen LogP contribution in [-0.2, 0) is 0 Å². The van der Waals surface area contributed by atoms with Crippen molar-refractivity contribution in [3.8, 4) is 0 Å². The molecule has 6 heteroatoms. The molecule has 0 aliphatic carbocycles. The Balaban J connectivity index is 1.94. The van der Waals surface area contributed by atoms with Gasteiger partial charge in [0.1, 0.15) is 11.5 Å². The average Bonchev–Trinajstić information content (AvgIpc) is 2.72. The normalized spacial score (nSPS) is 10.1. The molecule has 2 heterocycles. The molecule has 0 radical (unpaired) electrons. The summed E-state index contributed by atoms with van der Waals surface area (Å²) in [5, 5.41) is 7.46. The molecule has 0 unspecified atom stereocenters. The highest BCUT2D eigenvalue weighted by Crippen LogP contribution is 2.10. The first-order valence-corrected chi connectivity index (χ1v) is 4.13. The van der Waals surface area contributed by atoms with Gasteiger partial charge < -0.3 is 9.05 Å². The number of hydrogen-bond donors (Lipinski definition) is 2. The average molecular weight is 194 g/mol. The molecule has 2 rings (SSSR count). The highest BCUT2D eigenvalue weighted by atomic mass is 16.5. The van der Waals surface area contributed by atoms with E-state index in [0.717, 1.165) is 11.5 Å². The summed E-state index contributed by atoms with van der Waals surface area (Å²) in [7, 11) is 0. The van der Waals surface area contributed by atoms with E-state index in [4.69, 9.17) is 9.05 Å². The van der Waals surface area contributed by atoms with Gasteiger partial charge in [0.15, 0.2) is 11.6 Å². The van der Waals surface area contributed by atoms with Crippen LogP contribution in [0.3, 0.4) is 0 Å². The minimum absolute atomic E-state index is 0.600. The van der Waals surface area contributed by atoms with Crippen molar-refractivity contribution in [3.63, 3.8) is 0 Å². The van der Waals surface area contributed by atoms with Gasteiger partial charge in [-0.2, -0.15) is 0 Å². The molecule has 0 fully saturated rings. The van der Waals surface area contributed by atoms with Crippen LogP contribution in [0.25, 0.3) is 0 Å². The molecule has 0 aliphatic heterocycles. The fraction of sp³-hybridized carbons (Fsp3) is 0.250. The minimum Gasteiger partial charge on any atom is -0.359 e. The van der Waals surface area contributed by atoms with Crippen molar-refractivity contribution in [2.45, 2.75) is 13.8 Å². The van der Waals surface area contributed by atoms with Gasteiger partial charge in [0.05, 0.1) is 0 Å². The Bertz CT molecular complexity index is 380. The molecule has 2 N–H and O–H groups in total. The molecule has 0 aliphatic rings. The maximum atomic E-state index is 4.86. The quantitative estimate of drug-likeness (QED) is 0.724. The largest absolute Gasteiger partial charge is 0.359 e. The second-order valence-electron chi connectivity index (χ2n) is 2.90. The summed E-state index contributed by atoms with van der Waals surface area (Å²) in [5.41, 5.74) is 5.64. The van der Waals surface area contributed by atoms with Crippen molar-refractivity contribution in [1.29, 1.82) is 0 Å². The van der Waals surface area contributed by atoms with Gasteiger partial charge >= 0.3 is 0 Å². The minimum atomic E-state index is 0.600. The zero-order valence-electron chi connectivity index (χ0n) is 7.87. The summed E-state index contributed by atoms with van der Waals surface area (Å²) in [6.07, 6.45) is 0. The highest BCUT2D eigenvalue weighted by Gasteiger charge is 2.01. The fourth-order valence-corrected chi connectivity index (χ4v) is 0.979. The number of hydrazine groups is 1. The van der Waals surface area contributed by atoms with Gasteiger partial charge in [-0.3, -0.25) is 10.9 Å². The van der Waals surface area contributed by atoms with Crippen LogP contribution in [0.4, 0.5) is 11.6 Å². The van der Waals surface area contributed by atoms with Crippen molar-refractivity contribution in [2.24, 2.45) is 0 Å². The van der Waals surface area contributed by atoms with Gasteiger partial charge in [-0.15, -0.1) is 0 Å². The summed E-state index contributed by atoms with van der Waals surface area (Å²) in [5.74, 6) is 2.68. The molecule has 2 aromatic heterocycles. The van der Waals surface area contributed by atoms with Gasteiger partial charge in [0.25, 0.3) is 0 Å². The van der Waals surface area contributed by atoms with Gasteiger partial charge in [-0.25, -0.2) is 0 Å². The van der Waals surface area contributed by atoms with Gasteiger partial charge in [-0.05, 0) is 13.8 Å². The van der Waals surface area contributed by atoms with E-state index in [1.54, 1.807) is 12.1 Å². The van der Waals surface area contributed by atoms with E-state index < -0.39 is 0 Å². The maximum Gasteiger partial charge on any atom is 0.188 e. The molecule has 0 spiro atoms. The SMILES string of the molecule is Cc1cc(NNc2cc(C)on2)no1. The zero-order valence-corrected chi connectivity index (χ0v) is 7.87. The molecule has 0 atom stereocenters. The Morgan fingerprint density at radius 1 is 0.929 bits per heavy atom. The van der Waals surface area contributed by atoms with E-state index in [-0.39, 0.29) is 0 Å². The van der Waals surface area contributed by atoms with E-state index in [1.165, 1.54) is 0 Å². The standard InChI is InChI=1S/C8H10N4O2/c1-5-3-7(11-13-5)9-10-8-4-6(2)14-12-8/h3-4H,1-2H3,(H,9,11)(H,10,12). The number of aryl methyl sites for hydroxylation is 2. The molecule has 0 amide bonds. The fourth-order valence-electron chi connectivity index (χ4n) is 0.979. The zero-order chi connectivity index (χ0) is 9.97. The second-order valence-corrected chi connectivity index (χ2v) is 2.90. The van der Waals surface area contributed by atoms with Crippen molar-refractivity contribution in [1.82, 2.24) is 10.3 Å². The summed E-state index contributed by atoms with van der Waals surface area (Å²) in [4.78, 5) is 0. The number of hydrogen-bond acceptors (Lipinski definition) is 6. The lowest BCUT2D eigenvalue weighted by atomic mass is 10.5. The second kappa shape index (κ2) is 3.41. The van der Waals surface area contributed by atoms with Crippen LogP contribution >= 0.6 is 0 Å². The van der Waals surface area contributed by atoms with Crippen molar-refractivity contribution in [3.05, 3.63) is 23.7 Å². The monoisotopic (exact) mass is 194 g/mol. The Hall–Kier alpha value is -1.98. The van der Waals surface area contributed by atoms with Crippen LogP contribution in [0.5, 0.6) is 0 Å². The van der Waals surface area contributed by atoms with Gasteiger partial charge in [0, 0.05) is 12.1 Å². The number of aromatic nitrogens is 2. The van der Waals surface area contributed by atoms with E-state index in [0.29, 0.717) is 11.6 Å². The molecule has 0 saturated heterocycles. The molecule has 0 saturated carbocycles. The lowest BCUT2D eigenvalue weighted by Gasteiger charge is -1.99. The van der Waals surface area contributed by atoms with E-state index in [2.05, 4.69) is 21.2 Å².